The number of benzene rings is 9. The van der Waals surface area contributed by atoms with Gasteiger partial charge in [0.25, 0.3) is 30.1 Å². The van der Waals surface area contributed by atoms with Crippen molar-refractivity contribution in [3.8, 4) is 0 Å². The predicted molar refractivity (Wildman–Crippen MR) is 368 cm³/mol. The Balaban J connectivity index is 0.000000130. The van der Waals surface area contributed by atoms with E-state index in [4.69, 9.17) is 0 Å². The zero-order valence-electron chi connectivity index (χ0n) is 49.5. The van der Waals surface area contributed by atoms with Crippen molar-refractivity contribution in [2.45, 2.75) is 28.5 Å². The van der Waals surface area contributed by atoms with E-state index in [1.165, 1.54) is 64.9 Å². The third-order valence-corrected chi connectivity index (χ3v) is 20.3. The first kappa shape index (κ1) is 63.8. The molecule has 0 bridgehead atoms. The Morgan fingerprint density at radius 3 is 1.04 bits per heavy atom. The minimum absolute atomic E-state index is 0.00761. The van der Waals surface area contributed by atoms with Gasteiger partial charge in [-0.1, -0.05) is 48.5 Å². The number of rotatable bonds is 15. The van der Waals surface area contributed by atoms with Crippen LogP contribution in [0.5, 0.6) is 0 Å². The van der Waals surface area contributed by atoms with Gasteiger partial charge in [0.15, 0.2) is 46.5 Å². The fourth-order valence-corrected chi connectivity index (χ4v) is 14.5. The number of aromatic nitrogens is 9. The molecule has 0 aliphatic carbocycles. The van der Waals surface area contributed by atoms with Gasteiger partial charge in [0, 0.05) is 49.4 Å². The molecule has 0 fully saturated rings. The zero-order valence-corrected chi connectivity index (χ0v) is 54.4. The van der Waals surface area contributed by atoms with Crippen LogP contribution in [0.25, 0.3) is 65.8 Å². The van der Waals surface area contributed by atoms with Crippen molar-refractivity contribution in [2.24, 2.45) is 0 Å². The summed E-state index contributed by atoms with van der Waals surface area (Å²) in [7, 11) is -12.6. The Kier molecular flexibility index (Phi) is 17.6. The highest BCUT2D eigenvalue weighted by atomic mass is 32.2. The van der Waals surface area contributed by atoms with Crippen LogP contribution in [-0.4, -0.2) is 68.3 Å². The van der Waals surface area contributed by atoms with Gasteiger partial charge in [0.2, 0.25) is 0 Å². The Morgan fingerprint density at radius 1 is 0.323 bits per heavy atom. The lowest BCUT2D eigenvalue weighted by Gasteiger charge is -2.14. The first-order valence-corrected chi connectivity index (χ1v) is 35.3. The fraction of sp³-hybridized carbons (Fsp3) is 0.0308. The Labute approximate surface area is 555 Å². The summed E-state index contributed by atoms with van der Waals surface area (Å²) in [6.45, 7) is 3.25. The number of nitrogens with zero attached hydrogens (tertiary/aromatic N) is 9. The van der Waals surface area contributed by atoms with Gasteiger partial charge >= 0.3 is 0 Å². The molecule has 0 radical (unpaired) electrons. The number of fused-ring (bicyclic) bond motifs is 6. The maximum absolute atomic E-state index is 14.4. The monoisotopic (exact) mass is 1400 g/mol. The Bertz CT molecular complexity index is 5650. The highest BCUT2D eigenvalue weighted by Gasteiger charge is 2.25. The van der Waals surface area contributed by atoms with E-state index in [-0.39, 0.29) is 39.8 Å². The molecular formula is C65H45F4N15O6S6. The molecule has 0 atom stereocenters. The van der Waals surface area contributed by atoms with Gasteiger partial charge in [-0.25, -0.2) is 72.7 Å². The topological polar surface area (TPSA) is 291 Å². The minimum Gasteiger partial charge on any atom is -0.337 e. The molecule has 0 aliphatic rings. The van der Waals surface area contributed by atoms with Gasteiger partial charge in [-0.3, -0.25) is 14.2 Å². The van der Waals surface area contributed by atoms with E-state index in [0.29, 0.717) is 67.4 Å². The summed E-state index contributed by atoms with van der Waals surface area (Å²) < 4.78 is 153. The number of sulfonamides is 3. The molecule has 15 aromatic rings. The summed E-state index contributed by atoms with van der Waals surface area (Å²) in [5.74, 6) is -3.40. The summed E-state index contributed by atoms with van der Waals surface area (Å²) in [5, 5.41) is 17.9. The number of hydrogen-bond acceptors (Lipinski definition) is 21. The van der Waals surface area contributed by atoms with Crippen molar-refractivity contribution in [1.29, 1.82) is 0 Å². The maximum atomic E-state index is 14.4. The van der Waals surface area contributed by atoms with Crippen molar-refractivity contribution in [2.75, 3.05) is 30.1 Å². The predicted octanol–water partition coefficient (Wildman–Crippen LogP) is 15.5. The fourth-order valence-electron chi connectivity index (χ4n) is 9.50. The molecule has 0 saturated carbocycles. The van der Waals surface area contributed by atoms with Crippen molar-refractivity contribution in [1.82, 2.24) is 43.0 Å². The molecule has 21 nitrogen and oxygen atoms in total. The van der Waals surface area contributed by atoms with Gasteiger partial charge < -0.3 is 16.0 Å². The van der Waals surface area contributed by atoms with Gasteiger partial charge in [0.05, 0.1) is 59.4 Å². The van der Waals surface area contributed by atoms with Gasteiger partial charge in [-0.05, 0) is 193 Å². The lowest BCUT2D eigenvalue weighted by Crippen LogP contribution is -2.17. The molecule has 6 N–H and O–H groups in total. The van der Waals surface area contributed by atoms with E-state index in [1.54, 1.807) is 80.6 Å². The van der Waals surface area contributed by atoms with Crippen LogP contribution < -0.4 is 30.1 Å². The van der Waals surface area contributed by atoms with Crippen LogP contribution in [0, 0.1) is 37.1 Å². The lowest BCUT2D eigenvalue weighted by molar-refractivity contribution is 0.504. The molecular weight excluding hydrogens is 1360 g/mol. The quantitative estimate of drug-likeness (QED) is 0.0520. The van der Waals surface area contributed by atoms with Crippen LogP contribution in [0.3, 0.4) is 0 Å². The number of para-hydroxylation sites is 6. The van der Waals surface area contributed by atoms with E-state index >= 15 is 0 Å². The van der Waals surface area contributed by atoms with E-state index in [1.807, 2.05) is 76.8 Å². The standard InChI is InChI=1S/2C22H16FN5O2S2.C21H13F2N5O2S2/c1-13-6-9-20(16(23)10-13)32(29,30)28-22-21(25-18-4-2-3-5-19(18)26-22)24-15-7-8-17-14(11-15)12-31-27-17;1-13-6-8-16(11-17(13)23)32(29,30)28-22-21(25-19-4-2-3-5-20(19)26-22)24-15-7-9-18-14(10-15)12-31-27-18;22-15-7-6-14(10-16(15)23)32(29,30)28-21-20(25-18-3-1-2-4-19(18)26-21)24-13-5-8-17-12(9-13)11-31-27-17/h2*2-12H,1H3,(H,24,25)(H,26,28);1-11H,(H,24,25)(H,26,28). The van der Waals surface area contributed by atoms with E-state index in [9.17, 15) is 42.8 Å². The molecule has 15 rings (SSSR count). The second-order valence-corrected chi connectivity index (χ2v) is 28.0. The molecule has 0 amide bonds. The third-order valence-electron chi connectivity index (χ3n) is 14.3. The summed E-state index contributed by atoms with van der Waals surface area (Å²) in [5.41, 5.74) is 8.77. The van der Waals surface area contributed by atoms with Crippen LogP contribution in [-0.2, 0) is 30.1 Å². The van der Waals surface area contributed by atoms with Crippen molar-refractivity contribution in [3.05, 3.63) is 233 Å². The molecule has 31 heteroatoms. The van der Waals surface area contributed by atoms with Crippen molar-refractivity contribution < 1.29 is 42.8 Å². The lowest BCUT2D eigenvalue weighted by atomic mass is 10.2. The Morgan fingerprint density at radius 2 is 0.677 bits per heavy atom. The van der Waals surface area contributed by atoms with Gasteiger partial charge in [-0.15, -0.1) is 0 Å². The van der Waals surface area contributed by atoms with Crippen LogP contribution in [0.15, 0.2) is 213 Å². The molecule has 9 aromatic carbocycles. The number of nitrogens with one attached hydrogen (secondary N) is 6. The second kappa shape index (κ2) is 26.4. The molecule has 6 aromatic heterocycles. The molecule has 0 aliphatic heterocycles. The normalized spacial score (nSPS) is 11.7. The molecule has 0 unspecified atom stereocenters. The highest BCUT2D eigenvalue weighted by molar-refractivity contribution is 7.93. The molecule has 6 heterocycles. The smallest absolute Gasteiger partial charge is 0.266 e. The van der Waals surface area contributed by atoms with Crippen LogP contribution in [0.1, 0.15) is 11.1 Å². The third kappa shape index (κ3) is 14.1. The highest BCUT2D eigenvalue weighted by Crippen LogP contribution is 2.34. The SMILES string of the molecule is Cc1ccc(S(=O)(=O)Nc2nc3ccccc3nc2Nc2ccc3nscc3c2)c(F)c1.Cc1ccc(S(=O)(=O)Nc2nc3ccccc3nc2Nc2ccc3nscc3c2)cc1F.O=S(=O)(Nc1nc2ccccc2nc1Nc1ccc2nscc2c1)c1ccc(F)c(F)c1. The first-order valence-electron chi connectivity index (χ1n) is 28.4. The summed E-state index contributed by atoms with van der Waals surface area (Å²) >= 11 is 4.03. The number of halogens is 4. The summed E-state index contributed by atoms with van der Waals surface area (Å²) in [4.78, 5) is 25.8. The number of hydrogen-bond donors (Lipinski definition) is 6. The average Bonchev–Trinajstić information content (AvgIpc) is 0.824. The zero-order chi connectivity index (χ0) is 66.9. The van der Waals surface area contributed by atoms with Gasteiger partial charge in [0.1, 0.15) is 16.5 Å². The van der Waals surface area contributed by atoms with Crippen molar-refractivity contribution in [3.63, 3.8) is 0 Å². The minimum atomic E-state index is -4.27. The van der Waals surface area contributed by atoms with Crippen LogP contribution in [0.4, 0.5) is 69.5 Å². The molecule has 96 heavy (non-hydrogen) atoms. The van der Waals surface area contributed by atoms with E-state index < -0.39 is 63.1 Å². The Hall–Kier alpha value is -11.0. The first-order chi connectivity index (χ1) is 46.2. The largest absolute Gasteiger partial charge is 0.337 e. The van der Waals surface area contributed by atoms with Crippen LogP contribution >= 0.6 is 34.6 Å². The number of aryl methyl sites for hydroxylation is 2. The molecule has 0 saturated heterocycles. The van der Waals surface area contributed by atoms with Crippen LogP contribution in [0.2, 0.25) is 0 Å². The summed E-state index contributed by atoms with van der Waals surface area (Å²) in [6.07, 6.45) is 0. The number of anilines is 9. The average molecular weight is 1400 g/mol. The second-order valence-electron chi connectivity index (χ2n) is 21.1. The van der Waals surface area contributed by atoms with E-state index in [2.05, 4.69) is 73.1 Å². The van der Waals surface area contributed by atoms with E-state index in [0.717, 1.165) is 50.9 Å². The van der Waals surface area contributed by atoms with Gasteiger partial charge in [-0.2, -0.15) is 13.1 Å². The molecule has 480 valence electrons. The summed E-state index contributed by atoms with van der Waals surface area (Å²) in [6, 6.07) is 47.8. The maximum Gasteiger partial charge on any atom is 0.266 e. The van der Waals surface area contributed by atoms with Crippen molar-refractivity contribution >= 4 is 182 Å². The molecule has 0 spiro atoms.